The Morgan fingerprint density at radius 3 is 2.67 bits per heavy atom. The maximum Gasteiger partial charge on any atom is 0.0914 e. The molecule has 2 nitrogen and oxygen atoms in total. The fourth-order valence-corrected chi connectivity index (χ4v) is 3.32. The molecular weight excluding hydrogens is 242 g/mol. The summed E-state index contributed by atoms with van der Waals surface area (Å²) in [5.74, 6) is 0.413. The molecule has 0 atom stereocenters. The third-order valence-corrected chi connectivity index (χ3v) is 4.63. The lowest BCUT2D eigenvalue weighted by atomic mass is 10.0. The van der Waals surface area contributed by atoms with Gasteiger partial charge in [0.05, 0.1) is 11.6 Å². The lowest BCUT2D eigenvalue weighted by Gasteiger charge is -2.27. The van der Waals surface area contributed by atoms with Gasteiger partial charge in [-0.15, -0.1) is 11.3 Å². The Labute approximate surface area is 114 Å². The molecule has 0 bridgehead atoms. The first-order valence-electron chi connectivity index (χ1n) is 6.87. The molecule has 0 saturated carbocycles. The lowest BCUT2D eigenvalue weighted by molar-refractivity contribution is 0.320. The molecule has 0 radical (unpaired) electrons. The molecule has 1 N–H and O–H groups in total. The van der Waals surface area contributed by atoms with Gasteiger partial charge in [-0.05, 0) is 49.0 Å². The van der Waals surface area contributed by atoms with Crippen molar-refractivity contribution in [1.29, 1.82) is 0 Å². The van der Waals surface area contributed by atoms with E-state index >= 15 is 0 Å². The molecule has 1 aromatic rings. The molecule has 1 fully saturated rings. The summed E-state index contributed by atoms with van der Waals surface area (Å²) < 4.78 is 0. The molecule has 1 aliphatic heterocycles. The van der Waals surface area contributed by atoms with Crippen molar-refractivity contribution in [3.63, 3.8) is 0 Å². The van der Waals surface area contributed by atoms with Gasteiger partial charge < -0.3 is 10.0 Å². The maximum absolute atomic E-state index is 9.34. The molecule has 18 heavy (non-hydrogen) atoms. The van der Waals surface area contributed by atoms with Crippen LogP contribution in [0.5, 0.6) is 0 Å². The van der Waals surface area contributed by atoms with Crippen LogP contribution in [-0.4, -0.2) is 24.8 Å². The number of anilines is 1. The molecule has 1 saturated heterocycles. The zero-order chi connectivity index (χ0) is 13.0. The molecule has 0 aliphatic carbocycles. The highest BCUT2D eigenvalue weighted by atomic mass is 32.1. The molecule has 0 spiro atoms. The monoisotopic (exact) mass is 265 g/mol. The first kappa shape index (κ1) is 13.6. The fraction of sp³-hybridized carbons (Fsp3) is 0.600. The summed E-state index contributed by atoms with van der Waals surface area (Å²) in [6.45, 7) is 6.80. The summed E-state index contributed by atoms with van der Waals surface area (Å²) in [5.41, 5.74) is 1.11. The summed E-state index contributed by atoms with van der Waals surface area (Å²) in [5, 5.41) is 10.7. The predicted molar refractivity (Wildman–Crippen MR) is 80.3 cm³/mol. The van der Waals surface area contributed by atoms with E-state index in [0.29, 0.717) is 5.92 Å². The smallest absolute Gasteiger partial charge is 0.0914 e. The van der Waals surface area contributed by atoms with Gasteiger partial charge in [-0.3, -0.25) is 0 Å². The second-order valence-corrected chi connectivity index (χ2v) is 6.35. The SMILES string of the molecule is CC(C)C(=Cc1ccc(N2CCCCC2)s1)CO. The minimum Gasteiger partial charge on any atom is -0.392 e. The summed E-state index contributed by atoms with van der Waals surface area (Å²) in [7, 11) is 0. The van der Waals surface area contributed by atoms with Gasteiger partial charge in [-0.2, -0.15) is 0 Å². The zero-order valence-corrected chi connectivity index (χ0v) is 12.2. The number of aliphatic hydroxyl groups is 1. The van der Waals surface area contributed by atoms with Crippen LogP contribution in [0.1, 0.15) is 38.0 Å². The summed E-state index contributed by atoms with van der Waals surface area (Å²) >= 11 is 1.84. The van der Waals surface area contributed by atoms with E-state index in [0.717, 1.165) is 5.57 Å². The first-order valence-corrected chi connectivity index (χ1v) is 7.68. The minimum atomic E-state index is 0.161. The predicted octanol–water partition coefficient (Wildman–Crippen LogP) is 3.77. The van der Waals surface area contributed by atoms with E-state index in [-0.39, 0.29) is 6.61 Å². The van der Waals surface area contributed by atoms with E-state index in [1.54, 1.807) is 0 Å². The van der Waals surface area contributed by atoms with Crippen LogP contribution in [0.2, 0.25) is 0 Å². The van der Waals surface area contributed by atoms with Crippen molar-refractivity contribution >= 4 is 22.4 Å². The van der Waals surface area contributed by atoms with Crippen molar-refractivity contribution in [3.05, 3.63) is 22.6 Å². The van der Waals surface area contributed by atoms with Crippen LogP contribution in [0.15, 0.2) is 17.7 Å². The van der Waals surface area contributed by atoms with Gasteiger partial charge in [0.1, 0.15) is 0 Å². The molecule has 2 heterocycles. The highest BCUT2D eigenvalue weighted by Gasteiger charge is 2.12. The molecule has 100 valence electrons. The molecule has 0 aromatic carbocycles. The van der Waals surface area contributed by atoms with Crippen molar-refractivity contribution in [2.75, 3.05) is 24.6 Å². The van der Waals surface area contributed by atoms with Gasteiger partial charge in [-0.25, -0.2) is 0 Å². The van der Waals surface area contributed by atoms with E-state index in [1.807, 2.05) is 11.3 Å². The molecule has 0 unspecified atom stereocenters. The van der Waals surface area contributed by atoms with E-state index in [4.69, 9.17) is 0 Å². The van der Waals surface area contributed by atoms with E-state index in [1.165, 1.54) is 42.2 Å². The molecule has 0 amide bonds. The van der Waals surface area contributed by atoms with Crippen molar-refractivity contribution in [3.8, 4) is 0 Å². The van der Waals surface area contributed by atoms with Crippen LogP contribution >= 0.6 is 11.3 Å². The number of nitrogens with zero attached hydrogens (tertiary/aromatic N) is 1. The van der Waals surface area contributed by atoms with Crippen molar-refractivity contribution in [2.45, 2.75) is 33.1 Å². The van der Waals surface area contributed by atoms with E-state index < -0.39 is 0 Å². The summed E-state index contributed by atoms with van der Waals surface area (Å²) in [4.78, 5) is 3.74. The second-order valence-electron chi connectivity index (χ2n) is 5.26. The largest absolute Gasteiger partial charge is 0.392 e. The van der Waals surface area contributed by atoms with Gasteiger partial charge in [0.25, 0.3) is 0 Å². The second kappa shape index (κ2) is 6.39. The molecule has 3 heteroatoms. The van der Waals surface area contributed by atoms with Crippen LogP contribution in [0.4, 0.5) is 5.00 Å². The highest BCUT2D eigenvalue weighted by molar-refractivity contribution is 7.16. The number of thiophene rings is 1. The van der Waals surface area contributed by atoms with Gasteiger partial charge in [0, 0.05) is 18.0 Å². The summed E-state index contributed by atoms with van der Waals surface area (Å²) in [6.07, 6.45) is 6.15. The van der Waals surface area contributed by atoms with E-state index in [9.17, 15) is 5.11 Å². The van der Waals surface area contributed by atoms with Gasteiger partial charge >= 0.3 is 0 Å². The average molecular weight is 265 g/mol. The van der Waals surface area contributed by atoms with Crippen LogP contribution in [0, 0.1) is 5.92 Å². The van der Waals surface area contributed by atoms with Crippen LogP contribution in [0.3, 0.4) is 0 Å². The van der Waals surface area contributed by atoms with Crippen LogP contribution in [-0.2, 0) is 0 Å². The standard InChI is InChI=1S/C15H23NOS/c1-12(2)13(11-17)10-14-6-7-15(18-14)16-8-4-3-5-9-16/h6-7,10,12,17H,3-5,8-9,11H2,1-2H3. The number of hydrogen-bond donors (Lipinski definition) is 1. The van der Waals surface area contributed by atoms with Gasteiger partial charge in [0.2, 0.25) is 0 Å². The van der Waals surface area contributed by atoms with Crippen molar-refractivity contribution in [1.82, 2.24) is 0 Å². The van der Waals surface area contributed by atoms with Gasteiger partial charge in [-0.1, -0.05) is 13.8 Å². The quantitative estimate of drug-likeness (QED) is 0.896. The van der Waals surface area contributed by atoms with E-state index in [2.05, 4.69) is 37.0 Å². The number of hydrogen-bond acceptors (Lipinski definition) is 3. The lowest BCUT2D eigenvalue weighted by Crippen LogP contribution is -2.28. The molecule has 1 aliphatic rings. The number of aliphatic hydroxyl groups excluding tert-OH is 1. The average Bonchev–Trinajstić information content (AvgIpc) is 2.85. The molecule has 1 aromatic heterocycles. The fourth-order valence-electron chi connectivity index (χ4n) is 2.28. The van der Waals surface area contributed by atoms with Gasteiger partial charge in [0.15, 0.2) is 0 Å². The topological polar surface area (TPSA) is 23.5 Å². The third kappa shape index (κ3) is 3.36. The Hall–Kier alpha value is -0.800. The number of rotatable bonds is 4. The highest BCUT2D eigenvalue weighted by Crippen LogP contribution is 2.30. The molecule has 2 rings (SSSR count). The Kier molecular flexibility index (Phi) is 4.84. The maximum atomic E-state index is 9.34. The molecular formula is C15H23NOS. The number of piperidine rings is 1. The van der Waals surface area contributed by atoms with Crippen LogP contribution < -0.4 is 4.90 Å². The Morgan fingerprint density at radius 2 is 2.06 bits per heavy atom. The zero-order valence-electron chi connectivity index (χ0n) is 11.4. The Balaban J connectivity index is 2.09. The Morgan fingerprint density at radius 1 is 1.33 bits per heavy atom. The summed E-state index contributed by atoms with van der Waals surface area (Å²) in [6, 6.07) is 4.39. The van der Waals surface area contributed by atoms with Crippen LogP contribution in [0.25, 0.3) is 6.08 Å². The van der Waals surface area contributed by atoms with Crippen molar-refractivity contribution < 1.29 is 5.11 Å². The third-order valence-electron chi connectivity index (χ3n) is 3.53. The van der Waals surface area contributed by atoms with Crippen molar-refractivity contribution in [2.24, 2.45) is 5.92 Å². The first-order chi connectivity index (χ1) is 8.70. The normalized spacial score (nSPS) is 17.6. The minimum absolute atomic E-state index is 0.161. The Bertz CT molecular complexity index is 402.